The molecule has 3 aromatic rings. The van der Waals surface area contributed by atoms with Gasteiger partial charge in [0, 0.05) is 23.7 Å². The van der Waals surface area contributed by atoms with Crippen LogP contribution in [0.15, 0.2) is 42.5 Å². The molecular weight excluding hydrogens is 476 g/mol. The second kappa shape index (κ2) is 9.99. The molecule has 2 aromatic carbocycles. The average molecular weight is 501 g/mol. The fourth-order valence-corrected chi connectivity index (χ4v) is 4.16. The molecule has 0 radical (unpaired) electrons. The molecule has 1 aliphatic rings. The summed E-state index contributed by atoms with van der Waals surface area (Å²) in [4.78, 5) is 26.8. The largest absolute Gasteiger partial charge is 0.486 e. The van der Waals surface area contributed by atoms with Crippen molar-refractivity contribution in [2.24, 2.45) is 0 Å². The summed E-state index contributed by atoms with van der Waals surface area (Å²) in [5.74, 6) is 0.406. The zero-order valence-corrected chi connectivity index (χ0v) is 20.7. The van der Waals surface area contributed by atoms with E-state index in [0.717, 1.165) is 11.1 Å². The molecule has 0 spiro atoms. The maximum atomic E-state index is 12.7. The quantitative estimate of drug-likeness (QED) is 0.510. The van der Waals surface area contributed by atoms with Crippen LogP contribution in [0.1, 0.15) is 47.3 Å². The molecule has 4 rings (SSSR count). The molecule has 0 saturated carbocycles. The third kappa shape index (κ3) is 6.24. The maximum Gasteiger partial charge on any atom is 0.410 e. The molecule has 1 aromatic heterocycles. The van der Waals surface area contributed by atoms with Gasteiger partial charge in [-0.25, -0.2) is 4.79 Å². The third-order valence-corrected chi connectivity index (χ3v) is 6.06. The molecule has 0 aliphatic carbocycles. The van der Waals surface area contributed by atoms with E-state index in [1.54, 1.807) is 35.2 Å². The van der Waals surface area contributed by atoms with Gasteiger partial charge in [0.25, 0.3) is 5.91 Å². The number of ether oxygens (including phenoxy) is 2. The van der Waals surface area contributed by atoms with Crippen molar-refractivity contribution in [2.75, 3.05) is 11.9 Å². The molecule has 1 aliphatic heterocycles. The van der Waals surface area contributed by atoms with Gasteiger partial charge in [-0.3, -0.25) is 10.1 Å². The topological polar surface area (TPSA) is 93.7 Å². The first-order valence-corrected chi connectivity index (χ1v) is 12.0. The van der Waals surface area contributed by atoms with Crippen LogP contribution >= 0.6 is 22.9 Å². The second-order valence-electron chi connectivity index (χ2n) is 8.83. The molecule has 8 nitrogen and oxygen atoms in total. The van der Waals surface area contributed by atoms with E-state index < -0.39 is 5.60 Å². The first-order chi connectivity index (χ1) is 16.2. The summed E-state index contributed by atoms with van der Waals surface area (Å²) in [6, 6.07) is 12.5. The van der Waals surface area contributed by atoms with Crippen LogP contribution in [0.3, 0.4) is 0 Å². The fourth-order valence-electron chi connectivity index (χ4n) is 3.38. The van der Waals surface area contributed by atoms with E-state index in [2.05, 4.69) is 15.5 Å². The number of hydrogen-bond acceptors (Lipinski definition) is 7. The number of anilines is 1. The van der Waals surface area contributed by atoms with Crippen LogP contribution in [0.4, 0.5) is 9.93 Å². The van der Waals surface area contributed by atoms with Gasteiger partial charge in [-0.2, -0.15) is 0 Å². The number of fused-ring (bicyclic) bond motifs is 1. The Balaban J connectivity index is 1.34. The summed E-state index contributed by atoms with van der Waals surface area (Å²) < 4.78 is 11.1. The van der Waals surface area contributed by atoms with Crippen LogP contribution in [0.25, 0.3) is 0 Å². The van der Waals surface area contributed by atoms with Crippen LogP contribution in [0.5, 0.6) is 5.75 Å². The molecule has 0 unspecified atom stereocenters. The Bertz CT molecular complexity index is 1190. The molecular formula is C24H25ClN4O4S. The predicted molar refractivity (Wildman–Crippen MR) is 130 cm³/mol. The number of carbonyl (C=O) groups is 2. The van der Waals surface area contributed by atoms with Crippen molar-refractivity contribution >= 4 is 40.1 Å². The van der Waals surface area contributed by atoms with E-state index in [9.17, 15) is 9.59 Å². The summed E-state index contributed by atoms with van der Waals surface area (Å²) in [5, 5.41) is 12.6. The van der Waals surface area contributed by atoms with Crippen LogP contribution in [0.2, 0.25) is 5.02 Å². The summed E-state index contributed by atoms with van der Waals surface area (Å²) in [7, 11) is 0. The zero-order valence-electron chi connectivity index (χ0n) is 19.1. The van der Waals surface area contributed by atoms with E-state index in [-0.39, 0.29) is 18.6 Å². The highest BCUT2D eigenvalue weighted by Crippen LogP contribution is 2.24. The van der Waals surface area contributed by atoms with Gasteiger partial charge in [0.05, 0.1) is 0 Å². The van der Waals surface area contributed by atoms with Crippen LogP contribution in [-0.4, -0.2) is 39.2 Å². The van der Waals surface area contributed by atoms with Gasteiger partial charge in [0.2, 0.25) is 5.13 Å². The minimum atomic E-state index is -0.536. The van der Waals surface area contributed by atoms with Crippen molar-refractivity contribution in [3.63, 3.8) is 0 Å². The van der Waals surface area contributed by atoms with Gasteiger partial charge in [-0.15, -0.1) is 10.2 Å². The lowest BCUT2D eigenvalue weighted by Crippen LogP contribution is -2.39. The van der Waals surface area contributed by atoms with Crippen molar-refractivity contribution < 1.29 is 19.1 Å². The van der Waals surface area contributed by atoms with Crippen LogP contribution < -0.4 is 10.1 Å². The molecule has 0 bridgehead atoms. The van der Waals surface area contributed by atoms with Crippen molar-refractivity contribution in [3.8, 4) is 5.75 Å². The molecule has 1 N–H and O–H groups in total. The number of benzene rings is 2. The first kappa shape index (κ1) is 24.0. The standard InChI is InChI=1S/C24H25ClN4O4S/c1-24(2,3)33-23(31)29-11-10-15-12-16(4-5-17(15)13-29)21(30)26-22-28-27-20(34-22)14-32-19-8-6-18(25)7-9-19/h4-9,12H,10-11,13-14H2,1-3H3,(H,26,28,30). The summed E-state index contributed by atoms with van der Waals surface area (Å²) in [6.07, 6.45) is 0.327. The lowest BCUT2D eigenvalue weighted by molar-refractivity contribution is 0.0224. The smallest absolute Gasteiger partial charge is 0.410 e. The molecule has 178 valence electrons. The molecule has 10 heteroatoms. The lowest BCUT2D eigenvalue weighted by Gasteiger charge is -2.31. The van der Waals surface area contributed by atoms with Gasteiger partial charge in [0.15, 0.2) is 5.01 Å². The number of rotatable bonds is 5. The summed E-state index contributed by atoms with van der Waals surface area (Å²) in [5.41, 5.74) is 2.04. The normalized spacial score (nSPS) is 13.2. The Kier molecular flexibility index (Phi) is 7.04. The maximum absolute atomic E-state index is 12.7. The van der Waals surface area contributed by atoms with Gasteiger partial charge in [-0.05, 0) is 74.7 Å². The Morgan fingerprint density at radius 1 is 1.12 bits per heavy atom. The number of halogens is 1. The van der Waals surface area contributed by atoms with E-state index in [4.69, 9.17) is 21.1 Å². The fraction of sp³-hybridized carbons (Fsp3) is 0.333. The number of nitrogens with one attached hydrogen (secondary N) is 1. The Morgan fingerprint density at radius 2 is 1.88 bits per heavy atom. The monoisotopic (exact) mass is 500 g/mol. The van der Waals surface area contributed by atoms with Crippen LogP contribution in [-0.2, 0) is 24.3 Å². The van der Waals surface area contributed by atoms with Gasteiger partial charge in [0.1, 0.15) is 18.0 Å². The third-order valence-electron chi connectivity index (χ3n) is 5.00. The number of nitrogens with zero attached hydrogens (tertiary/aromatic N) is 3. The number of aromatic nitrogens is 2. The van der Waals surface area contributed by atoms with Crippen LogP contribution in [0, 0.1) is 0 Å². The molecule has 2 heterocycles. The molecule has 2 amide bonds. The lowest BCUT2D eigenvalue weighted by atomic mass is 9.97. The number of hydrogen-bond donors (Lipinski definition) is 1. The Labute approximate surface area is 206 Å². The molecule has 0 fully saturated rings. The average Bonchev–Trinajstić information content (AvgIpc) is 3.24. The molecule has 0 saturated heterocycles. The molecule has 0 atom stereocenters. The highest BCUT2D eigenvalue weighted by atomic mass is 35.5. The van der Waals surface area contributed by atoms with Crippen molar-refractivity contribution in [3.05, 3.63) is 69.2 Å². The van der Waals surface area contributed by atoms with E-state index in [0.29, 0.717) is 46.0 Å². The van der Waals surface area contributed by atoms with E-state index in [1.807, 2.05) is 32.9 Å². The van der Waals surface area contributed by atoms with Crippen molar-refractivity contribution in [2.45, 2.75) is 45.9 Å². The van der Waals surface area contributed by atoms with Crippen molar-refractivity contribution in [1.82, 2.24) is 15.1 Å². The predicted octanol–water partition coefficient (Wildman–Crippen LogP) is 5.32. The zero-order chi connectivity index (χ0) is 24.3. The first-order valence-electron chi connectivity index (χ1n) is 10.8. The molecule has 34 heavy (non-hydrogen) atoms. The van der Waals surface area contributed by atoms with Gasteiger partial charge >= 0.3 is 6.09 Å². The number of carbonyl (C=O) groups excluding carboxylic acids is 2. The summed E-state index contributed by atoms with van der Waals surface area (Å²) in [6.45, 7) is 6.78. The number of amides is 2. The van der Waals surface area contributed by atoms with Gasteiger partial charge in [-0.1, -0.05) is 29.0 Å². The second-order valence-corrected chi connectivity index (χ2v) is 10.3. The van der Waals surface area contributed by atoms with Crippen molar-refractivity contribution in [1.29, 1.82) is 0 Å². The Morgan fingerprint density at radius 3 is 2.62 bits per heavy atom. The minimum Gasteiger partial charge on any atom is -0.486 e. The summed E-state index contributed by atoms with van der Waals surface area (Å²) >= 11 is 7.12. The van der Waals surface area contributed by atoms with Gasteiger partial charge < -0.3 is 14.4 Å². The highest BCUT2D eigenvalue weighted by Gasteiger charge is 2.26. The SMILES string of the molecule is CC(C)(C)OC(=O)N1CCc2cc(C(=O)Nc3nnc(COc4ccc(Cl)cc4)s3)ccc2C1. The Hall–Kier alpha value is -3.17. The highest BCUT2D eigenvalue weighted by molar-refractivity contribution is 7.15. The van der Waals surface area contributed by atoms with E-state index in [1.165, 1.54) is 11.3 Å². The van der Waals surface area contributed by atoms with E-state index >= 15 is 0 Å². The minimum absolute atomic E-state index is 0.238.